The van der Waals surface area contributed by atoms with Crippen molar-refractivity contribution in [1.82, 2.24) is 15.1 Å². The van der Waals surface area contributed by atoms with Crippen molar-refractivity contribution < 1.29 is 0 Å². The minimum absolute atomic E-state index is 0.444. The van der Waals surface area contributed by atoms with Crippen LogP contribution in [0.5, 0.6) is 0 Å². The van der Waals surface area contributed by atoms with Crippen molar-refractivity contribution in [1.29, 1.82) is 0 Å². The van der Waals surface area contributed by atoms with Crippen molar-refractivity contribution >= 4 is 11.6 Å². The molecule has 0 aromatic carbocycles. The molecule has 1 atom stereocenters. The number of nitrogens with zero attached hydrogens (tertiary/aromatic N) is 3. The van der Waals surface area contributed by atoms with Crippen molar-refractivity contribution in [2.75, 3.05) is 7.05 Å². The van der Waals surface area contributed by atoms with E-state index in [-0.39, 0.29) is 0 Å². The van der Waals surface area contributed by atoms with E-state index in [1.165, 1.54) is 0 Å². The predicted molar refractivity (Wildman–Crippen MR) is 58.3 cm³/mol. The molecule has 0 fully saturated rings. The summed E-state index contributed by atoms with van der Waals surface area (Å²) in [5.41, 5.74) is 0.956. The lowest BCUT2D eigenvalue weighted by Crippen LogP contribution is -2.28. The maximum atomic E-state index is 5.65. The Hall–Kier alpha value is -0.670. The first-order valence-electron chi connectivity index (χ1n) is 4.81. The maximum Gasteiger partial charge on any atom is 0.151 e. The highest BCUT2D eigenvalue weighted by molar-refractivity contribution is 6.29. The second-order valence-corrected chi connectivity index (χ2v) is 3.91. The van der Waals surface area contributed by atoms with Gasteiger partial charge in [0.15, 0.2) is 5.15 Å². The van der Waals surface area contributed by atoms with Gasteiger partial charge in [-0.15, -0.1) is 5.10 Å². The fourth-order valence-electron chi connectivity index (χ4n) is 1.15. The van der Waals surface area contributed by atoms with Crippen molar-refractivity contribution in [3.05, 3.63) is 23.0 Å². The fourth-order valence-corrected chi connectivity index (χ4v) is 1.25. The summed E-state index contributed by atoms with van der Waals surface area (Å²) >= 11 is 5.65. The van der Waals surface area contributed by atoms with E-state index in [4.69, 9.17) is 11.6 Å². The predicted octanol–water partition coefficient (Wildman–Crippen LogP) is 2.36. The summed E-state index contributed by atoms with van der Waals surface area (Å²) in [6.07, 6.45) is 1.14. The first kappa shape index (κ1) is 11.4. The third-order valence-corrected chi connectivity index (χ3v) is 2.64. The molecule has 0 aliphatic heterocycles. The van der Waals surface area contributed by atoms with Gasteiger partial charge in [-0.05, 0) is 32.5 Å². The van der Waals surface area contributed by atoms with E-state index in [0.717, 1.165) is 18.7 Å². The zero-order valence-corrected chi connectivity index (χ0v) is 9.62. The maximum absolute atomic E-state index is 5.65. The second-order valence-electron chi connectivity index (χ2n) is 3.52. The van der Waals surface area contributed by atoms with Crippen LogP contribution in [0.3, 0.4) is 0 Å². The number of rotatable bonds is 4. The van der Waals surface area contributed by atoms with E-state index >= 15 is 0 Å². The molecule has 1 aromatic rings. The summed E-state index contributed by atoms with van der Waals surface area (Å²) in [5.74, 6) is 0. The van der Waals surface area contributed by atoms with Crippen molar-refractivity contribution in [2.45, 2.75) is 32.9 Å². The van der Waals surface area contributed by atoms with Gasteiger partial charge in [-0.25, -0.2) is 0 Å². The van der Waals surface area contributed by atoms with Crippen LogP contribution in [0, 0.1) is 0 Å². The van der Waals surface area contributed by atoms with Gasteiger partial charge in [-0.2, -0.15) is 5.10 Å². The van der Waals surface area contributed by atoms with Crippen LogP contribution in [0.15, 0.2) is 12.1 Å². The normalized spacial score (nSPS) is 13.2. The Morgan fingerprint density at radius 3 is 2.64 bits per heavy atom. The van der Waals surface area contributed by atoms with Gasteiger partial charge in [0.25, 0.3) is 0 Å². The number of hydrogen-bond donors (Lipinski definition) is 0. The third-order valence-electron chi connectivity index (χ3n) is 2.44. The topological polar surface area (TPSA) is 29.0 Å². The molecule has 0 amide bonds. The Labute approximate surface area is 90.1 Å². The molecule has 14 heavy (non-hydrogen) atoms. The third kappa shape index (κ3) is 3.24. The van der Waals surface area contributed by atoms with E-state index < -0.39 is 0 Å². The molecule has 4 heteroatoms. The fraction of sp³-hybridized carbons (Fsp3) is 0.600. The molecular formula is C10H16ClN3. The molecule has 1 heterocycles. The molecule has 0 saturated heterocycles. The van der Waals surface area contributed by atoms with Crippen LogP contribution in [0.1, 0.15) is 26.0 Å². The monoisotopic (exact) mass is 213 g/mol. The van der Waals surface area contributed by atoms with Gasteiger partial charge in [0.05, 0.1) is 5.69 Å². The van der Waals surface area contributed by atoms with Gasteiger partial charge < -0.3 is 0 Å². The standard InChI is InChI=1S/C10H16ClN3/c1-4-8(2)14(3)7-9-5-6-10(11)13-12-9/h5-6,8H,4,7H2,1-3H3. The summed E-state index contributed by atoms with van der Waals surface area (Å²) in [5, 5.41) is 8.26. The number of halogens is 1. The Morgan fingerprint density at radius 2 is 2.14 bits per heavy atom. The first-order valence-corrected chi connectivity index (χ1v) is 5.19. The van der Waals surface area contributed by atoms with Crippen LogP contribution < -0.4 is 0 Å². The van der Waals surface area contributed by atoms with E-state index in [0.29, 0.717) is 11.2 Å². The summed E-state index contributed by atoms with van der Waals surface area (Å²) in [4.78, 5) is 2.25. The van der Waals surface area contributed by atoms with E-state index in [2.05, 4.69) is 36.0 Å². The molecule has 3 nitrogen and oxygen atoms in total. The van der Waals surface area contributed by atoms with Gasteiger partial charge in [0.1, 0.15) is 0 Å². The molecule has 0 bridgehead atoms. The molecule has 0 N–H and O–H groups in total. The molecule has 0 aliphatic rings. The summed E-state index contributed by atoms with van der Waals surface area (Å²) in [6, 6.07) is 4.25. The Balaban J connectivity index is 2.56. The minimum atomic E-state index is 0.444. The Morgan fingerprint density at radius 1 is 1.43 bits per heavy atom. The Kier molecular flexibility index (Phi) is 4.29. The zero-order chi connectivity index (χ0) is 10.6. The van der Waals surface area contributed by atoms with Crippen molar-refractivity contribution in [3.8, 4) is 0 Å². The quantitative estimate of drug-likeness (QED) is 0.769. The molecule has 0 saturated carbocycles. The van der Waals surface area contributed by atoms with Crippen LogP contribution in [0.2, 0.25) is 5.15 Å². The zero-order valence-electron chi connectivity index (χ0n) is 8.87. The van der Waals surface area contributed by atoms with E-state index in [1.54, 1.807) is 6.07 Å². The number of hydrogen-bond acceptors (Lipinski definition) is 3. The molecule has 1 aromatic heterocycles. The average molecular weight is 214 g/mol. The minimum Gasteiger partial charge on any atom is -0.298 e. The highest BCUT2D eigenvalue weighted by atomic mass is 35.5. The molecule has 78 valence electrons. The molecule has 1 unspecified atom stereocenters. The van der Waals surface area contributed by atoms with Crippen LogP contribution in [-0.2, 0) is 6.54 Å². The lowest BCUT2D eigenvalue weighted by molar-refractivity contribution is 0.240. The van der Waals surface area contributed by atoms with Crippen LogP contribution in [-0.4, -0.2) is 28.2 Å². The molecule has 1 rings (SSSR count). The van der Waals surface area contributed by atoms with Crippen LogP contribution in [0.4, 0.5) is 0 Å². The SMILES string of the molecule is CCC(C)N(C)Cc1ccc(Cl)nn1. The van der Waals surface area contributed by atoms with Crippen LogP contribution >= 0.6 is 11.6 Å². The summed E-state index contributed by atoms with van der Waals surface area (Å²) in [6.45, 7) is 5.19. The average Bonchev–Trinajstić information content (AvgIpc) is 2.20. The first-order chi connectivity index (χ1) is 6.63. The van der Waals surface area contributed by atoms with Gasteiger partial charge in [-0.3, -0.25) is 4.90 Å². The summed E-state index contributed by atoms with van der Waals surface area (Å²) in [7, 11) is 2.09. The number of aromatic nitrogens is 2. The van der Waals surface area contributed by atoms with E-state index in [9.17, 15) is 0 Å². The van der Waals surface area contributed by atoms with Crippen molar-refractivity contribution in [2.24, 2.45) is 0 Å². The molecule has 0 aliphatic carbocycles. The highest BCUT2D eigenvalue weighted by Gasteiger charge is 2.07. The Bertz CT molecular complexity index is 273. The van der Waals surface area contributed by atoms with Crippen LogP contribution in [0.25, 0.3) is 0 Å². The van der Waals surface area contributed by atoms with E-state index in [1.807, 2.05) is 6.07 Å². The molecule has 0 radical (unpaired) electrons. The largest absolute Gasteiger partial charge is 0.298 e. The molecule has 0 spiro atoms. The molecular weight excluding hydrogens is 198 g/mol. The van der Waals surface area contributed by atoms with Gasteiger partial charge in [0.2, 0.25) is 0 Å². The van der Waals surface area contributed by atoms with Gasteiger partial charge >= 0.3 is 0 Å². The smallest absolute Gasteiger partial charge is 0.151 e. The van der Waals surface area contributed by atoms with Gasteiger partial charge in [0, 0.05) is 12.6 Å². The highest BCUT2D eigenvalue weighted by Crippen LogP contribution is 2.07. The second kappa shape index (κ2) is 5.27. The lowest BCUT2D eigenvalue weighted by atomic mass is 10.2. The van der Waals surface area contributed by atoms with Gasteiger partial charge in [-0.1, -0.05) is 18.5 Å². The van der Waals surface area contributed by atoms with Crippen molar-refractivity contribution in [3.63, 3.8) is 0 Å². The lowest BCUT2D eigenvalue weighted by Gasteiger charge is -2.22. The summed E-state index contributed by atoms with van der Waals surface area (Å²) < 4.78 is 0.